The second-order valence-electron chi connectivity index (χ2n) is 6.48. The summed E-state index contributed by atoms with van der Waals surface area (Å²) in [7, 11) is 0. The predicted octanol–water partition coefficient (Wildman–Crippen LogP) is 3.59. The molecular formula is C16H13F5N2O. The van der Waals surface area contributed by atoms with Crippen molar-refractivity contribution in [1.29, 1.82) is 0 Å². The lowest BCUT2D eigenvalue weighted by atomic mass is 9.68. The molecule has 2 atom stereocenters. The number of aromatic nitrogens is 1. The monoisotopic (exact) mass is 344 g/mol. The van der Waals surface area contributed by atoms with Crippen LogP contribution < -0.4 is 0 Å². The van der Waals surface area contributed by atoms with Gasteiger partial charge in [0.15, 0.2) is 0 Å². The van der Waals surface area contributed by atoms with Crippen LogP contribution in [0, 0.1) is 24.6 Å². The average Bonchev–Trinajstić information content (AvgIpc) is 3.08. The van der Waals surface area contributed by atoms with E-state index >= 15 is 0 Å². The van der Waals surface area contributed by atoms with Crippen LogP contribution in [0.4, 0.5) is 22.0 Å². The first kappa shape index (κ1) is 15.4. The largest absolute Gasteiger partial charge is 0.350 e. The van der Waals surface area contributed by atoms with Gasteiger partial charge in [-0.05, 0) is 30.7 Å². The molecule has 4 rings (SSSR count). The Hall–Kier alpha value is -2.12. The van der Waals surface area contributed by atoms with Crippen molar-refractivity contribution in [2.45, 2.75) is 18.8 Å². The number of hydrogen-bond donors (Lipinski definition) is 1. The number of amides is 1. The van der Waals surface area contributed by atoms with Crippen molar-refractivity contribution in [1.82, 2.24) is 9.88 Å². The van der Waals surface area contributed by atoms with Crippen LogP contribution in [0.1, 0.15) is 16.1 Å². The minimum absolute atomic E-state index is 0.114. The Labute approximate surface area is 133 Å². The van der Waals surface area contributed by atoms with E-state index in [9.17, 15) is 26.7 Å². The molecule has 0 radical (unpaired) electrons. The highest BCUT2D eigenvalue weighted by Gasteiger charge is 2.80. The van der Waals surface area contributed by atoms with Gasteiger partial charge in [-0.25, -0.2) is 4.39 Å². The summed E-state index contributed by atoms with van der Waals surface area (Å²) >= 11 is 0. The second-order valence-corrected chi connectivity index (χ2v) is 6.48. The van der Waals surface area contributed by atoms with E-state index in [4.69, 9.17) is 0 Å². The summed E-state index contributed by atoms with van der Waals surface area (Å²) in [5, 5.41) is 0.623. The van der Waals surface area contributed by atoms with Crippen molar-refractivity contribution >= 4 is 16.8 Å². The molecule has 3 nitrogen and oxygen atoms in total. The Kier molecular flexibility index (Phi) is 2.88. The van der Waals surface area contributed by atoms with E-state index in [2.05, 4.69) is 4.98 Å². The van der Waals surface area contributed by atoms with Crippen LogP contribution in [-0.2, 0) is 0 Å². The van der Waals surface area contributed by atoms with Crippen molar-refractivity contribution in [3.63, 3.8) is 0 Å². The van der Waals surface area contributed by atoms with Crippen LogP contribution in [0.5, 0.6) is 0 Å². The van der Waals surface area contributed by atoms with Gasteiger partial charge in [0, 0.05) is 24.0 Å². The Bertz CT molecular complexity index is 838. The first-order valence-electron chi connectivity index (χ1n) is 7.47. The Morgan fingerprint density at radius 3 is 2.33 bits per heavy atom. The molecule has 1 aromatic heterocycles. The van der Waals surface area contributed by atoms with E-state index in [0.29, 0.717) is 16.5 Å². The number of nitrogens with zero attached hydrogens (tertiary/aromatic N) is 1. The van der Waals surface area contributed by atoms with E-state index in [-0.39, 0.29) is 5.69 Å². The van der Waals surface area contributed by atoms with Gasteiger partial charge in [-0.2, -0.15) is 17.6 Å². The summed E-state index contributed by atoms with van der Waals surface area (Å²) in [6.45, 7) is 0.822. The van der Waals surface area contributed by atoms with E-state index in [1.165, 1.54) is 18.2 Å². The molecule has 1 aliphatic carbocycles. The summed E-state index contributed by atoms with van der Waals surface area (Å²) in [6, 6.07) is 3.97. The number of rotatable bonds is 1. The number of aromatic amines is 1. The highest BCUT2D eigenvalue weighted by molar-refractivity contribution is 6.01. The lowest BCUT2D eigenvalue weighted by Gasteiger charge is -2.46. The predicted molar refractivity (Wildman–Crippen MR) is 75.8 cm³/mol. The van der Waals surface area contributed by atoms with Gasteiger partial charge in [-0.15, -0.1) is 0 Å². The molecule has 2 heterocycles. The second kappa shape index (κ2) is 4.49. The lowest BCUT2D eigenvalue weighted by molar-refractivity contribution is -0.339. The van der Waals surface area contributed by atoms with Gasteiger partial charge in [0.25, 0.3) is 5.91 Å². The number of halogens is 5. The van der Waals surface area contributed by atoms with Crippen LogP contribution in [-0.4, -0.2) is 40.7 Å². The molecular weight excluding hydrogens is 331 g/mol. The molecule has 2 aromatic rings. The van der Waals surface area contributed by atoms with Gasteiger partial charge in [0.2, 0.25) is 0 Å². The number of H-pyrrole nitrogens is 1. The molecule has 0 spiro atoms. The van der Waals surface area contributed by atoms with Crippen molar-refractivity contribution in [2.75, 3.05) is 13.1 Å². The zero-order valence-electron chi connectivity index (χ0n) is 12.5. The van der Waals surface area contributed by atoms with Gasteiger partial charge >= 0.3 is 11.8 Å². The first-order chi connectivity index (χ1) is 11.1. The molecule has 24 heavy (non-hydrogen) atoms. The SMILES string of the molecule is Cc1c(C(=O)N2CC3C(C2)C(F)(F)C3(F)F)[nH]c2cc(F)ccc12. The standard InChI is InChI=1S/C16H13F5N2O/c1-7-9-3-2-8(17)4-12(9)22-13(7)14(24)23-5-10-11(6-23)16(20,21)15(10,18)19/h2-4,10-11,22H,5-6H2,1H3. The molecule has 8 heteroatoms. The molecule has 128 valence electrons. The van der Waals surface area contributed by atoms with Crippen molar-refractivity contribution in [3.8, 4) is 0 Å². The quantitative estimate of drug-likeness (QED) is 0.789. The average molecular weight is 344 g/mol. The van der Waals surface area contributed by atoms with Crippen LogP contribution in [0.25, 0.3) is 10.9 Å². The number of fused-ring (bicyclic) bond motifs is 2. The van der Waals surface area contributed by atoms with Crippen molar-refractivity contribution in [2.24, 2.45) is 11.8 Å². The number of likely N-dealkylation sites (tertiary alicyclic amines) is 1. The summed E-state index contributed by atoms with van der Waals surface area (Å²) in [5.74, 6) is -12.3. The normalized spacial score (nSPS) is 27.2. The van der Waals surface area contributed by atoms with Gasteiger partial charge in [-0.1, -0.05) is 0 Å². The highest BCUT2D eigenvalue weighted by Crippen LogP contribution is 2.62. The lowest BCUT2D eigenvalue weighted by Crippen LogP contribution is -2.65. The highest BCUT2D eigenvalue weighted by atomic mass is 19.3. The number of carbonyl (C=O) groups excluding carboxylic acids is 1. The Morgan fingerprint density at radius 2 is 1.75 bits per heavy atom. The third-order valence-electron chi connectivity index (χ3n) is 5.22. The van der Waals surface area contributed by atoms with Gasteiger partial charge in [0.1, 0.15) is 11.5 Å². The van der Waals surface area contributed by atoms with Crippen LogP contribution >= 0.6 is 0 Å². The molecule has 2 fully saturated rings. The van der Waals surface area contributed by atoms with Gasteiger partial charge in [0.05, 0.1) is 11.8 Å². The fraction of sp³-hybridized carbons (Fsp3) is 0.438. The molecule has 1 saturated heterocycles. The number of carbonyl (C=O) groups is 1. The van der Waals surface area contributed by atoms with Crippen LogP contribution in [0.2, 0.25) is 0 Å². The zero-order chi connectivity index (χ0) is 17.4. The summed E-state index contributed by atoms with van der Waals surface area (Å²) < 4.78 is 67.1. The van der Waals surface area contributed by atoms with Crippen LogP contribution in [0.15, 0.2) is 18.2 Å². The number of nitrogens with one attached hydrogen (secondary N) is 1. The molecule has 2 aliphatic rings. The summed E-state index contributed by atoms with van der Waals surface area (Å²) in [5.41, 5.74) is 1.05. The number of benzene rings is 1. The zero-order valence-corrected chi connectivity index (χ0v) is 12.5. The maximum absolute atomic E-state index is 13.5. The third kappa shape index (κ3) is 1.74. The number of hydrogen-bond acceptors (Lipinski definition) is 1. The third-order valence-corrected chi connectivity index (χ3v) is 5.22. The fourth-order valence-corrected chi connectivity index (χ4v) is 3.78. The number of alkyl halides is 4. The van der Waals surface area contributed by atoms with E-state index in [0.717, 1.165) is 4.90 Å². The molecule has 1 aliphatic heterocycles. The minimum atomic E-state index is -4.08. The Balaban J connectivity index is 1.65. The summed E-state index contributed by atoms with van der Waals surface area (Å²) in [4.78, 5) is 16.4. The molecule has 1 N–H and O–H groups in total. The maximum atomic E-state index is 13.5. The van der Waals surface area contributed by atoms with E-state index in [1.807, 2.05) is 0 Å². The molecule has 1 amide bonds. The maximum Gasteiger partial charge on any atom is 0.315 e. The summed E-state index contributed by atoms with van der Waals surface area (Å²) in [6.07, 6.45) is 0. The topological polar surface area (TPSA) is 36.1 Å². The Morgan fingerprint density at radius 1 is 1.17 bits per heavy atom. The molecule has 1 aromatic carbocycles. The van der Waals surface area contributed by atoms with Crippen molar-refractivity contribution in [3.05, 3.63) is 35.3 Å². The number of aryl methyl sites for hydroxylation is 1. The van der Waals surface area contributed by atoms with Crippen LogP contribution in [0.3, 0.4) is 0 Å². The molecule has 2 unspecified atom stereocenters. The van der Waals surface area contributed by atoms with E-state index < -0.39 is 48.5 Å². The van der Waals surface area contributed by atoms with Gasteiger partial charge in [-0.3, -0.25) is 4.79 Å². The molecule has 0 bridgehead atoms. The fourth-order valence-electron chi connectivity index (χ4n) is 3.78. The smallest absolute Gasteiger partial charge is 0.315 e. The first-order valence-corrected chi connectivity index (χ1v) is 7.47. The van der Waals surface area contributed by atoms with Gasteiger partial charge < -0.3 is 9.88 Å². The minimum Gasteiger partial charge on any atom is -0.350 e. The van der Waals surface area contributed by atoms with Crippen molar-refractivity contribution < 1.29 is 26.7 Å². The van der Waals surface area contributed by atoms with E-state index in [1.54, 1.807) is 6.92 Å². The molecule has 1 saturated carbocycles.